The van der Waals surface area contributed by atoms with Gasteiger partial charge in [-0.1, -0.05) is 12.1 Å². The monoisotopic (exact) mass is 290 g/mol. The standard InChI is InChI=1S/C19H18N2O/c1-21-10-2-3-16-12-14(5-8-18(16)21)13-4-7-17-15(11-13)6-9-19(22)20-17/h4-9,11-12H,2-3,10H2,1H3,(H,20,22). The average molecular weight is 290 g/mol. The number of benzene rings is 2. The number of H-pyrrole nitrogens is 1. The lowest BCUT2D eigenvalue weighted by Gasteiger charge is -2.27. The predicted octanol–water partition coefficient (Wildman–Crippen LogP) is 3.58. The van der Waals surface area contributed by atoms with Crippen LogP contribution in [0.4, 0.5) is 5.69 Å². The first-order chi connectivity index (χ1) is 10.7. The van der Waals surface area contributed by atoms with Crippen LogP contribution in [0.15, 0.2) is 53.3 Å². The summed E-state index contributed by atoms with van der Waals surface area (Å²) in [6.07, 6.45) is 2.36. The first-order valence-electron chi connectivity index (χ1n) is 7.68. The summed E-state index contributed by atoms with van der Waals surface area (Å²) in [7, 11) is 2.16. The van der Waals surface area contributed by atoms with Gasteiger partial charge in [0.25, 0.3) is 0 Å². The maximum absolute atomic E-state index is 11.4. The summed E-state index contributed by atoms with van der Waals surface area (Å²) in [6.45, 7) is 1.13. The lowest BCUT2D eigenvalue weighted by molar-refractivity contribution is 0.745. The van der Waals surface area contributed by atoms with Crippen molar-refractivity contribution in [1.29, 1.82) is 0 Å². The van der Waals surface area contributed by atoms with Crippen LogP contribution in [0.2, 0.25) is 0 Å². The molecule has 1 aliphatic heterocycles. The van der Waals surface area contributed by atoms with Crippen LogP contribution >= 0.6 is 0 Å². The molecule has 0 radical (unpaired) electrons. The zero-order chi connectivity index (χ0) is 15.1. The number of rotatable bonds is 1. The number of anilines is 1. The van der Waals surface area contributed by atoms with E-state index in [4.69, 9.17) is 0 Å². The maximum atomic E-state index is 11.4. The molecule has 2 heterocycles. The summed E-state index contributed by atoms with van der Waals surface area (Å²) in [5, 5.41) is 1.06. The molecule has 0 unspecified atom stereocenters. The minimum Gasteiger partial charge on any atom is -0.374 e. The molecule has 3 heteroatoms. The summed E-state index contributed by atoms with van der Waals surface area (Å²) >= 11 is 0. The molecule has 4 rings (SSSR count). The van der Waals surface area contributed by atoms with Crippen LogP contribution in [0.25, 0.3) is 22.0 Å². The van der Waals surface area contributed by atoms with Gasteiger partial charge < -0.3 is 9.88 Å². The fraction of sp³-hybridized carbons (Fsp3) is 0.211. The predicted molar refractivity (Wildman–Crippen MR) is 91.6 cm³/mol. The van der Waals surface area contributed by atoms with Gasteiger partial charge in [0.2, 0.25) is 5.56 Å². The second-order valence-electron chi connectivity index (χ2n) is 5.99. The second kappa shape index (κ2) is 5.02. The van der Waals surface area contributed by atoms with Crippen LogP contribution in [-0.2, 0) is 6.42 Å². The number of aromatic amines is 1. The van der Waals surface area contributed by atoms with E-state index in [9.17, 15) is 4.79 Å². The normalized spacial score (nSPS) is 14.1. The largest absolute Gasteiger partial charge is 0.374 e. The quantitative estimate of drug-likeness (QED) is 0.743. The molecule has 1 aliphatic rings. The minimum atomic E-state index is -0.0583. The summed E-state index contributed by atoms with van der Waals surface area (Å²) in [6, 6.07) is 16.4. The van der Waals surface area contributed by atoms with Crippen molar-refractivity contribution in [2.45, 2.75) is 12.8 Å². The van der Waals surface area contributed by atoms with E-state index in [2.05, 4.69) is 47.3 Å². The van der Waals surface area contributed by atoms with Crippen molar-refractivity contribution in [3.63, 3.8) is 0 Å². The van der Waals surface area contributed by atoms with Crippen LogP contribution in [0.5, 0.6) is 0 Å². The molecular weight excluding hydrogens is 272 g/mol. The van der Waals surface area contributed by atoms with Gasteiger partial charge in [0.15, 0.2) is 0 Å². The third-order valence-electron chi connectivity index (χ3n) is 4.49. The molecule has 3 nitrogen and oxygen atoms in total. The fourth-order valence-electron chi connectivity index (χ4n) is 3.30. The Morgan fingerprint density at radius 1 is 1.00 bits per heavy atom. The van der Waals surface area contributed by atoms with E-state index in [1.807, 2.05) is 12.1 Å². The van der Waals surface area contributed by atoms with Gasteiger partial charge in [0, 0.05) is 30.9 Å². The van der Waals surface area contributed by atoms with Crippen molar-refractivity contribution in [3.8, 4) is 11.1 Å². The fourth-order valence-corrected chi connectivity index (χ4v) is 3.30. The van der Waals surface area contributed by atoms with Gasteiger partial charge in [-0.25, -0.2) is 0 Å². The molecule has 110 valence electrons. The van der Waals surface area contributed by atoms with Crippen LogP contribution in [0.3, 0.4) is 0 Å². The van der Waals surface area contributed by atoms with E-state index >= 15 is 0 Å². The summed E-state index contributed by atoms with van der Waals surface area (Å²) < 4.78 is 0. The van der Waals surface area contributed by atoms with Crippen molar-refractivity contribution >= 4 is 16.6 Å². The Morgan fingerprint density at radius 3 is 2.73 bits per heavy atom. The number of nitrogens with zero attached hydrogens (tertiary/aromatic N) is 1. The van der Waals surface area contributed by atoms with E-state index in [0.717, 1.165) is 23.9 Å². The highest BCUT2D eigenvalue weighted by atomic mass is 16.1. The number of fused-ring (bicyclic) bond motifs is 2. The van der Waals surface area contributed by atoms with E-state index in [0.29, 0.717) is 0 Å². The van der Waals surface area contributed by atoms with Crippen molar-refractivity contribution in [3.05, 3.63) is 64.4 Å². The Labute approximate surface area is 129 Å². The smallest absolute Gasteiger partial charge is 0.248 e. The summed E-state index contributed by atoms with van der Waals surface area (Å²) in [5.74, 6) is 0. The second-order valence-corrected chi connectivity index (χ2v) is 5.99. The van der Waals surface area contributed by atoms with Crippen molar-refractivity contribution in [1.82, 2.24) is 4.98 Å². The number of aromatic nitrogens is 1. The van der Waals surface area contributed by atoms with E-state index < -0.39 is 0 Å². The molecule has 0 saturated heterocycles. The Bertz CT molecular complexity index is 911. The van der Waals surface area contributed by atoms with Gasteiger partial charge in [-0.2, -0.15) is 0 Å². The molecule has 0 saturated carbocycles. The van der Waals surface area contributed by atoms with Gasteiger partial charge in [0.05, 0.1) is 0 Å². The molecule has 22 heavy (non-hydrogen) atoms. The molecule has 1 aromatic heterocycles. The highest BCUT2D eigenvalue weighted by Gasteiger charge is 2.14. The topological polar surface area (TPSA) is 36.1 Å². The number of pyridine rings is 1. The molecule has 0 spiro atoms. The van der Waals surface area contributed by atoms with Crippen LogP contribution < -0.4 is 10.5 Å². The van der Waals surface area contributed by atoms with Crippen molar-refractivity contribution < 1.29 is 0 Å². The lowest BCUT2D eigenvalue weighted by atomic mass is 9.96. The van der Waals surface area contributed by atoms with Gasteiger partial charge in [-0.15, -0.1) is 0 Å². The summed E-state index contributed by atoms with van der Waals surface area (Å²) in [4.78, 5) is 16.6. The number of nitrogens with one attached hydrogen (secondary N) is 1. The SMILES string of the molecule is CN1CCCc2cc(-c3ccc4[nH]c(=O)ccc4c3)ccc21. The van der Waals surface area contributed by atoms with Gasteiger partial charge in [-0.05, 0) is 65.3 Å². The van der Waals surface area contributed by atoms with Gasteiger partial charge in [0.1, 0.15) is 0 Å². The lowest BCUT2D eigenvalue weighted by Crippen LogP contribution is -2.24. The molecule has 0 aliphatic carbocycles. The molecule has 0 bridgehead atoms. The first kappa shape index (κ1) is 13.1. The molecule has 0 fully saturated rings. The maximum Gasteiger partial charge on any atom is 0.248 e. The minimum absolute atomic E-state index is 0.0583. The highest BCUT2D eigenvalue weighted by Crippen LogP contribution is 2.31. The Balaban J connectivity index is 1.81. The number of hydrogen-bond donors (Lipinski definition) is 1. The zero-order valence-electron chi connectivity index (χ0n) is 12.6. The van der Waals surface area contributed by atoms with Crippen molar-refractivity contribution in [2.24, 2.45) is 0 Å². The molecule has 1 N–H and O–H groups in total. The van der Waals surface area contributed by atoms with Gasteiger partial charge >= 0.3 is 0 Å². The van der Waals surface area contributed by atoms with E-state index in [1.54, 1.807) is 6.07 Å². The molecular formula is C19H18N2O. The van der Waals surface area contributed by atoms with E-state index in [1.165, 1.54) is 28.8 Å². The van der Waals surface area contributed by atoms with Crippen LogP contribution in [0.1, 0.15) is 12.0 Å². The Hall–Kier alpha value is -2.55. The van der Waals surface area contributed by atoms with Crippen LogP contribution in [-0.4, -0.2) is 18.6 Å². The number of aryl methyl sites for hydroxylation is 1. The Morgan fingerprint density at radius 2 is 1.82 bits per heavy atom. The average Bonchev–Trinajstić information content (AvgIpc) is 2.54. The first-order valence-corrected chi connectivity index (χ1v) is 7.68. The van der Waals surface area contributed by atoms with E-state index in [-0.39, 0.29) is 5.56 Å². The number of hydrogen-bond acceptors (Lipinski definition) is 2. The third kappa shape index (κ3) is 2.19. The van der Waals surface area contributed by atoms with Crippen LogP contribution in [0, 0.1) is 0 Å². The molecule has 0 amide bonds. The summed E-state index contributed by atoms with van der Waals surface area (Å²) in [5.41, 5.74) is 6.02. The molecule has 0 atom stereocenters. The van der Waals surface area contributed by atoms with Crippen molar-refractivity contribution in [2.75, 3.05) is 18.5 Å². The Kier molecular flexibility index (Phi) is 3.00. The van der Waals surface area contributed by atoms with Gasteiger partial charge in [-0.3, -0.25) is 4.79 Å². The highest BCUT2D eigenvalue weighted by molar-refractivity contribution is 5.84. The molecule has 2 aromatic carbocycles. The third-order valence-corrected chi connectivity index (χ3v) is 4.49. The zero-order valence-corrected chi connectivity index (χ0v) is 12.6. The molecule has 3 aromatic rings.